The van der Waals surface area contributed by atoms with Gasteiger partial charge in [0.05, 0.1) is 27.9 Å². The quantitative estimate of drug-likeness (QED) is 0.600. The summed E-state index contributed by atoms with van der Waals surface area (Å²) < 4.78 is 18.2. The molecule has 0 aliphatic rings. The van der Waals surface area contributed by atoms with Crippen molar-refractivity contribution in [3.05, 3.63) is 64.0 Å². The zero-order chi connectivity index (χ0) is 18.0. The third-order valence-electron chi connectivity index (χ3n) is 3.54. The van der Waals surface area contributed by atoms with Gasteiger partial charge in [-0.05, 0) is 43.3 Å². The molecule has 0 unspecified atom stereocenters. The third-order valence-corrected chi connectivity index (χ3v) is 4.33. The zero-order valence-electron chi connectivity index (χ0n) is 13.1. The molecule has 128 valence electrons. The van der Waals surface area contributed by atoms with Crippen molar-refractivity contribution < 1.29 is 13.9 Å². The number of carbonyl (C=O) groups is 1. The largest absolute Gasteiger partial charge is 0.462 e. The standard InChI is InChI=1S/C18H13Cl2FN2O2/c1-2-25-18(24)13-9-22-17-12(7-8-14(19)15(17)20)16(13)23-11-5-3-10(21)4-6-11/h3-9H,2H2,1H3,(H,22,23). The van der Waals surface area contributed by atoms with Crippen molar-refractivity contribution in [1.29, 1.82) is 0 Å². The lowest BCUT2D eigenvalue weighted by Gasteiger charge is -2.15. The molecule has 25 heavy (non-hydrogen) atoms. The van der Waals surface area contributed by atoms with Gasteiger partial charge in [-0.1, -0.05) is 23.2 Å². The average Bonchev–Trinajstić information content (AvgIpc) is 2.60. The minimum absolute atomic E-state index is 0.230. The molecule has 7 heteroatoms. The van der Waals surface area contributed by atoms with Gasteiger partial charge < -0.3 is 10.1 Å². The molecule has 0 bridgehead atoms. The molecule has 4 nitrogen and oxygen atoms in total. The van der Waals surface area contributed by atoms with E-state index >= 15 is 0 Å². The van der Waals surface area contributed by atoms with E-state index in [9.17, 15) is 9.18 Å². The van der Waals surface area contributed by atoms with Crippen molar-refractivity contribution in [3.63, 3.8) is 0 Å². The maximum atomic E-state index is 13.1. The molecule has 0 amide bonds. The van der Waals surface area contributed by atoms with Crippen LogP contribution < -0.4 is 5.32 Å². The number of nitrogens with one attached hydrogen (secondary N) is 1. The molecule has 0 aliphatic heterocycles. The van der Waals surface area contributed by atoms with Gasteiger partial charge in [-0.15, -0.1) is 0 Å². The molecule has 0 spiro atoms. The van der Waals surface area contributed by atoms with Crippen molar-refractivity contribution in [2.24, 2.45) is 0 Å². The van der Waals surface area contributed by atoms with Crippen LogP contribution in [0.25, 0.3) is 10.9 Å². The molecule has 3 aromatic rings. The Bertz CT molecular complexity index is 946. The van der Waals surface area contributed by atoms with Gasteiger partial charge in [-0.25, -0.2) is 9.18 Å². The highest BCUT2D eigenvalue weighted by Crippen LogP contribution is 2.36. The Labute approximate surface area is 153 Å². The number of esters is 1. The van der Waals surface area contributed by atoms with Gasteiger partial charge in [0.25, 0.3) is 0 Å². The molecule has 1 heterocycles. The van der Waals surface area contributed by atoms with Gasteiger partial charge >= 0.3 is 5.97 Å². The number of anilines is 2. The van der Waals surface area contributed by atoms with Crippen LogP contribution in [0.15, 0.2) is 42.6 Å². The SMILES string of the molecule is CCOC(=O)c1cnc2c(Cl)c(Cl)ccc2c1Nc1ccc(F)cc1. The number of carbonyl (C=O) groups excluding carboxylic acids is 1. The molecule has 2 aromatic carbocycles. The lowest BCUT2D eigenvalue weighted by atomic mass is 10.1. The molecular formula is C18H13Cl2FN2O2. The van der Waals surface area contributed by atoms with Gasteiger partial charge in [0, 0.05) is 17.3 Å². The molecule has 1 N–H and O–H groups in total. The smallest absolute Gasteiger partial charge is 0.341 e. The van der Waals surface area contributed by atoms with Crippen LogP contribution in [0.3, 0.4) is 0 Å². The molecule has 0 saturated carbocycles. The fraction of sp³-hybridized carbons (Fsp3) is 0.111. The molecule has 0 saturated heterocycles. The fourth-order valence-corrected chi connectivity index (χ4v) is 2.75. The first kappa shape index (κ1) is 17.5. The number of hydrogen-bond donors (Lipinski definition) is 1. The molecule has 0 fully saturated rings. The number of hydrogen-bond acceptors (Lipinski definition) is 4. The summed E-state index contributed by atoms with van der Waals surface area (Å²) >= 11 is 12.3. The minimum atomic E-state index is -0.521. The number of pyridine rings is 1. The Hall–Kier alpha value is -2.37. The Morgan fingerprint density at radius 1 is 1.20 bits per heavy atom. The summed E-state index contributed by atoms with van der Waals surface area (Å²) in [5, 5.41) is 4.37. The second-order valence-electron chi connectivity index (χ2n) is 5.16. The first-order valence-electron chi connectivity index (χ1n) is 7.47. The van der Waals surface area contributed by atoms with E-state index in [1.165, 1.54) is 18.3 Å². The summed E-state index contributed by atoms with van der Waals surface area (Å²) in [5.41, 5.74) is 1.77. The van der Waals surface area contributed by atoms with E-state index in [-0.39, 0.29) is 23.0 Å². The minimum Gasteiger partial charge on any atom is -0.462 e. The monoisotopic (exact) mass is 378 g/mol. The van der Waals surface area contributed by atoms with E-state index in [4.69, 9.17) is 27.9 Å². The van der Waals surface area contributed by atoms with E-state index in [2.05, 4.69) is 10.3 Å². The predicted molar refractivity (Wildman–Crippen MR) is 97.4 cm³/mol. The lowest BCUT2D eigenvalue weighted by Crippen LogP contribution is -2.09. The second kappa shape index (κ2) is 7.25. The van der Waals surface area contributed by atoms with E-state index in [1.807, 2.05) is 0 Å². The Morgan fingerprint density at radius 2 is 1.92 bits per heavy atom. The van der Waals surface area contributed by atoms with Crippen molar-refractivity contribution in [2.75, 3.05) is 11.9 Å². The molecule has 3 rings (SSSR count). The molecule has 0 aliphatic carbocycles. The van der Waals surface area contributed by atoms with Crippen molar-refractivity contribution >= 4 is 51.4 Å². The molecular weight excluding hydrogens is 366 g/mol. The van der Waals surface area contributed by atoms with Crippen LogP contribution >= 0.6 is 23.2 Å². The third kappa shape index (κ3) is 3.52. The normalized spacial score (nSPS) is 10.7. The van der Waals surface area contributed by atoms with Crippen molar-refractivity contribution in [3.8, 4) is 0 Å². The molecule has 1 aromatic heterocycles. The highest BCUT2D eigenvalue weighted by atomic mass is 35.5. The van der Waals surface area contributed by atoms with Crippen LogP contribution in [0.2, 0.25) is 10.0 Å². The fourth-order valence-electron chi connectivity index (χ4n) is 2.38. The number of aromatic nitrogens is 1. The number of benzene rings is 2. The Morgan fingerprint density at radius 3 is 2.60 bits per heavy atom. The molecule has 0 radical (unpaired) electrons. The van der Waals surface area contributed by atoms with Crippen LogP contribution in [0.4, 0.5) is 15.8 Å². The Kier molecular flexibility index (Phi) is 5.06. The number of halogens is 3. The maximum Gasteiger partial charge on any atom is 0.341 e. The topological polar surface area (TPSA) is 51.2 Å². The lowest BCUT2D eigenvalue weighted by molar-refractivity contribution is 0.0527. The van der Waals surface area contributed by atoms with E-state index < -0.39 is 5.97 Å². The maximum absolute atomic E-state index is 13.1. The number of ether oxygens (including phenoxy) is 1. The van der Waals surface area contributed by atoms with Crippen LogP contribution in [-0.4, -0.2) is 17.6 Å². The first-order valence-corrected chi connectivity index (χ1v) is 8.23. The summed E-state index contributed by atoms with van der Waals surface area (Å²) in [6.45, 7) is 1.95. The predicted octanol–water partition coefficient (Wildman–Crippen LogP) is 5.60. The first-order chi connectivity index (χ1) is 12.0. The summed E-state index contributed by atoms with van der Waals surface area (Å²) in [7, 11) is 0. The van der Waals surface area contributed by atoms with E-state index in [0.717, 1.165) is 0 Å². The second-order valence-corrected chi connectivity index (χ2v) is 5.94. The van der Waals surface area contributed by atoms with Gasteiger partial charge in [0.2, 0.25) is 0 Å². The van der Waals surface area contributed by atoms with Crippen LogP contribution in [-0.2, 0) is 4.74 Å². The van der Waals surface area contributed by atoms with Gasteiger partial charge in [-0.3, -0.25) is 4.98 Å². The van der Waals surface area contributed by atoms with Gasteiger partial charge in [0.15, 0.2) is 0 Å². The highest BCUT2D eigenvalue weighted by Gasteiger charge is 2.19. The average molecular weight is 379 g/mol. The summed E-state index contributed by atoms with van der Waals surface area (Å²) in [6, 6.07) is 9.10. The van der Waals surface area contributed by atoms with Crippen LogP contribution in [0, 0.1) is 5.82 Å². The van der Waals surface area contributed by atoms with Crippen LogP contribution in [0.1, 0.15) is 17.3 Å². The Balaban J connectivity index is 2.19. The molecule has 0 atom stereocenters. The van der Waals surface area contributed by atoms with Gasteiger partial charge in [-0.2, -0.15) is 0 Å². The van der Waals surface area contributed by atoms with Crippen molar-refractivity contribution in [2.45, 2.75) is 6.92 Å². The van der Waals surface area contributed by atoms with E-state index in [0.29, 0.717) is 27.3 Å². The summed E-state index contributed by atoms with van der Waals surface area (Å²) in [4.78, 5) is 16.5. The number of fused-ring (bicyclic) bond motifs is 1. The zero-order valence-corrected chi connectivity index (χ0v) is 14.7. The highest BCUT2D eigenvalue weighted by molar-refractivity contribution is 6.45. The van der Waals surface area contributed by atoms with E-state index in [1.54, 1.807) is 31.2 Å². The number of rotatable bonds is 4. The van der Waals surface area contributed by atoms with Crippen molar-refractivity contribution in [1.82, 2.24) is 4.98 Å². The number of nitrogens with zero attached hydrogens (tertiary/aromatic N) is 1. The van der Waals surface area contributed by atoms with Gasteiger partial charge in [0.1, 0.15) is 11.4 Å². The van der Waals surface area contributed by atoms with Crippen LogP contribution in [0.5, 0.6) is 0 Å². The summed E-state index contributed by atoms with van der Waals surface area (Å²) in [5.74, 6) is -0.877. The summed E-state index contributed by atoms with van der Waals surface area (Å²) in [6.07, 6.45) is 1.38.